The van der Waals surface area contributed by atoms with Crippen LogP contribution in [0.2, 0.25) is 10.0 Å². The molecule has 27 heavy (non-hydrogen) atoms. The van der Waals surface area contributed by atoms with Gasteiger partial charge in [0.2, 0.25) is 0 Å². The lowest BCUT2D eigenvalue weighted by molar-refractivity contribution is -0.137. The second kappa shape index (κ2) is 7.29. The predicted octanol–water partition coefficient (Wildman–Crippen LogP) is 6.83. The van der Waals surface area contributed by atoms with Gasteiger partial charge < -0.3 is 9.73 Å². The first kappa shape index (κ1) is 19.3. The molecule has 0 radical (unpaired) electrons. The van der Waals surface area contributed by atoms with Gasteiger partial charge in [-0.25, -0.2) is 0 Å². The van der Waals surface area contributed by atoms with Crippen LogP contribution in [0.5, 0.6) is 0 Å². The fraction of sp³-hybridized carbons (Fsp3) is 0.105. The summed E-state index contributed by atoms with van der Waals surface area (Å²) < 4.78 is 44.4. The smallest absolute Gasteiger partial charge is 0.417 e. The van der Waals surface area contributed by atoms with E-state index in [-0.39, 0.29) is 17.1 Å². The Morgan fingerprint density at radius 3 is 2.41 bits per heavy atom. The third-order valence-corrected chi connectivity index (χ3v) is 4.55. The molecular weight excluding hydrogens is 402 g/mol. The quantitative estimate of drug-likeness (QED) is 0.510. The molecule has 0 aliphatic heterocycles. The number of nitrogens with one attached hydrogen (secondary N) is 1. The Hall–Kier alpha value is -2.44. The average Bonchev–Trinajstić information content (AvgIpc) is 3.08. The Morgan fingerprint density at radius 2 is 1.74 bits per heavy atom. The van der Waals surface area contributed by atoms with E-state index < -0.39 is 22.7 Å². The highest BCUT2D eigenvalue weighted by atomic mass is 35.5. The molecule has 3 rings (SSSR count). The van der Waals surface area contributed by atoms with E-state index >= 15 is 0 Å². The Bertz CT molecular complexity index is 1010. The maximum absolute atomic E-state index is 13.0. The van der Waals surface area contributed by atoms with Gasteiger partial charge in [-0.1, -0.05) is 29.3 Å². The van der Waals surface area contributed by atoms with Crippen LogP contribution in [0.3, 0.4) is 0 Å². The molecule has 0 spiro atoms. The van der Waals surface area contributed by atoms with Gasteiger partial charge in [0.05, 0.1) is 10.6 Å². The molecule has 0 fully saturated rings. The SMILES string of the molecule is Cc1ccc(NC(=O)c2ccc(-c3ccc(Cl)c(C(F)(F)F)c3)o2)cc1Cl. The van der Waals surface area contributed by atoms with Crippen molar-refractivity contribution in [2.24, 2.45) is 0 Å². The summed E-state index contributed by atoms with van der Waals surface area (Å²) in [6.07, 6.45) is -4.59. The molecule has 2 aromatic carbocycles. The summed E-state index contributed by atoms with van der Waals surface area (Å²) in [5.41, 5.74) is 0.514. The van der Waals surface area contributed by atoms with E-state index in [1.165, 1.54) is 18.2 Å². The van der Waals surface area contributed by atoms with Crippen LogP contribution in [-0.2, 0) is 6.18 Å². The van der Waals surface area contributed by atoms with Crippen LogP contribution in [0.1, 0.15) is 21.7 Å². The number of amides is 1. The van der Waals surface area contributed by atoms with Gasteiger partial charge in [-0.2, -0.15) is 13.2 Å². The number of benzene rings is 2. The fourth-order valence-electron chi connectivity index (χ4n) is 2.37. The van der Waals surface area contributed by atoms with Crippen molar-refractivity contribution < 1.29 is 22.4 Å². The second-order valence-electron chi connectivity index (χ2n) is 5.77. The van der Waals surface area contributed by atoms with E-state index in [0.29, 0.717) is 10.7 Å². The second-order valence-corrected chi connectivity index (χ2v) is 6.59. The first-order valence-corrected chi connectivity index (χ1v) is 8.45. The maximum Gasteiger partial charge on any atom is 0.417 e. The minimum Gasteiger partial charge on any atom is -0.451 e. The van der Waals surface area contributed by atoms with E-state index in [0.717, 1.165) is 17.7 Å². The summed E-state index contributed by atoms with van der Waals surface area (Å²) in [7, 11) is 0. The number of hydrogen-bond acceptors (Lipinski definition) is 2. The molecule has 0 aliphatic carbocycles. The van der Waals surface area contributed by atoms with E-state index in [2.05, 4.69) is 5.32 Å². The van der Waals surface area contributed by atoms with Crippen LogP contribution >= 0.6 is 23.2 Å². The molecule has 3 nitrogen and oxygen atoms in total. The highest BCUT2D eigenvalue weighted by Gasteiger charge is 2.33. The fourth-order valence-corrected chi connectivity index (χ4v) is 2.78. The number of furan rings is 1. The van der Waals surface area contributed by atoms with Gasteiger partial charge in [0, 0.05) is 16.3 Å². The summed E-state index contributed by atoms with van der Waals surface area (Å²) in [5.74, 6) is -0.486. The molecule has 140 valence electrons. The molecule has 0 unspecified atom stereocenters. The molecule has 0 saturated carbocycles. The van der Waals surface area contributed by atoms with Crippen LogP contribution in [0.4, 0.5) is 18.9 Å². The zero-order valence-electron chi connectivity index (χ0n) is 13.8. The largest absolute Gasteiger partial charge is 0.451 e. The number of carbonyl (C=O) groups excluding carboxylic acids is 1. The van der Waals surface area contributed by atoms with Crippen molar-refractivity contribution in [2.75, 3.05) is 5.32 Å². The number of alkyl halides is 3. The van der Waals surface area contributed by atoms with Gasteiger partial charge in [0.25, 0.3) is 5.91 Å². The lowest BCUT2D eigenvalue weighted by Gasteiger charge is -2.10. The lowest BCUT2D eigenvalue weighted by atomic mass is 10.1. The molecule has 1 heterocycles. The average molecular weight is 414 g/mol. The zero-order valence-corrected chi connectivity index (χ0v) is 15.3. The summed E-state index contributed by atoms with van der Waals surface area (Å²) >= 11 is 11.6. The van der Waals surface area contributed by atoms with Crippen molar-refractivity contribution in [3.8, 4) is 11.3 Å². The molecule has 1 N–H and O–H groups in total. The highest BCUT2D eigenvalue weighted by Crippen LogP contribution is 2.37. The topological polar surface area (TPSA) is 42.2 Å². The Labute approximate surface area is 162 Å². The van der Waals surface area contributed by atoms with Gasteiger partial charge in [0.1, 0.15) is 5.76 Å². The van der Waals surface area contributed by atoms with Crippen LogP contribution < -0.4 is 5.32 Å². The number of hydrogen-bond donors (Lipinski definition) is 1. The predicted molar refractivity (Wildman–Crippen MR) is 98.3 cm³/mol. The van der Waals surface area contributed by atoms with Crippen LogP contribution in [0, 0.1) is 6.92 Å². The Balaban J connectivity index is 1.84. The number of halogens is 5. The minimum atomic E-state index is -4.59. The van der Waals surface area contributed by atoms with Crippen molar-refractivity contribution in [2.45, 2.75) is 13.1 Å². The van der Waals surface area contributed by atoms with Gasteiger partial charge >= 0.3 is 6.18 Å². The molecule has 8 heteroatoms. The normalized spacial score (nSPS) is 11.5. The van der Waals surface area contributed by atoms with Crippen LogP contribution in [0.25, 0.3) is 11.3 Å². The first-order chi connectivity index (χ1) is 12.6. The first-order valence-electron chi connectivity index (χ1n) is 7.69. The molecule has 0 atom stereocenters. The number of aryl methyl sites for hydroxylation is 1. The molecule has 3 aromatic rings. The third kappa shape index (κ3) is 4.28. The summed E-state index contributed by atoms with van der Waals surface area (Å²) in [6.45, 7) is 1.83. The van der Waals surface area contributed by atoms with Gasteiger partial charge in [-0.05, 0) is 55.0 Å². The lowest BCUT2D eigenvalue weighted by Crippen LogP contribution is -2.10. The molecular formula is C19H12Cl2F3NO2. The van der Waals surface area contributed by atoms with Crippen molar-refractivity contribution in [3.05, 3.63) is 75.5 Å². The zero-order chi connectivity index (χ0) is 19.8. The third-order valence-electron chi connectivity index (χ3n) is 3.82. The van der Waals surface area contributed by atoms with E-state index in [1.807, 2.05) is 6.92 Å². The Kier molecular flexibility index (Phi) is 5.22. The van der Waals surface area contributed by atoms with Crippen molar-refractivity contribution in [3.63, 3.8) is 0 Å². The van der Waals surface area contributed by atoms with E-state index in [9.17, 15) is 18.0 Å². The number of carbonyl (C=O) groups is 1. The van der Waals surface area contributed by atoms with Crippen molar-refractivity contribution in [1.29, 1.82) is 0 Å². The maximum atomic E-state index is 13.0. The molecule has 1 amide bonds. The van der Waals surface area contributed by atoms with E-state index in [1.54, 1.807) is 18.2 Å². The van der Waals surface area contributed by atoms with Crippen LogP contribution in [-0.4, -0.2) is 5.91 Å². The van der Waals surface area contributed by atoms with Crippen molar-refractivity contribution in [1.82, 2.24) is 0 Å². The standard InChI is InChI=1S/C19H12Cl2F3NO2/c1-10-2-4-12(9-15(10)21)25-18(26)17-7-6-16(27-17)11-3-5-14(20)13(8-11)19(22,23)24/h2-9H,1H3,(H,25,26). The number of rotatable bonds is 3. The van der Waals surface area contributed by atoms with Gasteiger partial charge in [-0.15, -0.1) is 0 Å². The van der Waals surface area contributed by atoms with Crippen molar-refractivity contribution >= 4 is 34.8 Å². The Morgan fingerprint density at radius 1 is 1.00 bits per heavy atom. The molecule has 1 aromatic heterocycles. The van der Waals surface area contributed by atoms with Gasteiger partial charge in [0.15, 0.2) is 5.76 Å². The van der Waals surface area contributed by atoms with Gasteiger partial charge in [-0.3, -0.25) is 4.79 Å². The molecule has 0 saturated heterocycles. The molecule has 0 aliphatic rings. The summed E-state index contributed by atoms with van der Waals surface area (Å²) in [4.78, 5) is 12.3. The van der Waals surface area contributed by atoms with E-state index in [4.69, 9.17) is 27.6 Å². The van der Waals surface area contributed by atoms with Crippen LogP contribution in [0.15, 0.2) is 52.9 Å². The summed E-state index contributed by atoms with van der Waals surface area (Å²) in [6, 6.07) is 11.2. The minimum absolute atomic E-state index is 0.0507. The number of anilines is 1. The monoisotopic (exact) mass is 413 g/mol. The molecule has 0 bridgehead atoms. The highest BCUT2D eigenvalue weighted by molar-refractivity contribution is 6.32. The summed E-state index contributed by atoms with van der Waals surface area (Å²) in [5, 5.41) is 2.70.